The molecule has 1 N–H and O–H groups in total. The molecule has 0 fully saturated rings. The van der Waals surface area contributed by atoms with Gasteiger partial charge < -0.3 is 24.4 Å². The standard InChI is InChI=1S/C31H44N6O2.C2H6/c1-9-22(13-14-25(10-2)39-8)28-21-33-29-26(28)17-23(19-32-29)24-18-27(30(34-20-24)37(11-3)12-4)31(38)36(7)16-15-35(5)6;1-2/h9-10,17-21H,11-16H2,1-8H3,(H,32,33);1-2H3/b22-9+,25-10+;. The van der Waals surface area contributed by atoms with Crippen LogP contribution in [-0.4, -0.2) is 85.1 Å². The number of amides is 1. The molecule has 3 aromatic rings. The zero-order valence-electron chi connectivity index (χ0n) is 26.8. The normalized spacial score (nSPS) is 11.9. The van der Waals surface area contributed by atoms with E-state index in [0.717, 1.165) is 71.8 Å². The molecule has 0 aliphatic rings. The van der Waals surface area contributed by atoms with Gasteiger partial charge in [-0.15, -0.1) is 0 Å². The summed E-state index contributed by atoms with van der Waals surface area (Å²) in [5, 5.41) is 1.05. The first-order valence-corrected chi connectivity index (χ1v) is 14.7. The highest BCUT2D eigenvalue weighted by Crippen LogP contribution is 2.32. The maximum Gasteiger partial charge on any atom is 0.257 e. The number of aromatic nitrogens is 3. The number of allylic oxidation sites excluding steroid dienone is 4. The van der Waals surface area contributed by atoms with E-state index in [9.17, 15) is 4.79 Å². The molecule has 0 unspecified atom stereocenters. The topological polar surface area (TPSA) is 77.6 Å². The van der Waals surface area contributed by atoms with E-state index in [1.165, 1.54) is 5.57 Å². The Bertz CT molecular complexity index is 1320. The molecule has 8 nitrogen and oxygen atoms in total. The molecule has 41 heavy (non-hydrogen) atoms. The van der Waals surface area contributed by atoms with Gasteiger partial charge in [0, 0.05) is 80.3 Å². The number of hydrogen-bond acceptors (Lipinski definition) is 6. The van der Waals surface area contributed by atoms with E-state index >= 15 is 0 Å². The van der Waals surface area contributed by atoms with Crippen molar-refractivity contribution >= 4 is 28.3 Å². The maximum atomic E-state index is 13.6. The molecule has 3 rings (SSSR count). The number of H-pyrrole nitrogens is 1. The van der Waals surface area contributed by atoms with Crippen LogP contribution in [0.1, 0.15) is 70.3 Å². The minimum absolute atomic E-state index is 0.0291. The summed E-state index contributed by atoms with van der Waals surface area (Å²) >= 11 is 0. The fourth-order valence-electron chi connectivity index (χ4n) is 4.69. The molecule has 0 aromatic carbocycles. The number of ether oxygens (including phenoxy) is 1. The highest BCUT2D eigenvalue weighted by Gasteiger charge is 2.22. The Morgan fingerprint density at radius 3 is 2.17 bits per heavy atom. The number of aromatic amines is 1. The van der Waals surface area contributed by atoms with Gasteiger partial charge in [-0.3, -0.25) is 4.79 Å². The Morgan fingerprint density at radius 1 is 0.927 bits per heavy atom. The lowest BCUT2D eigenvalue weighted by molar-refractivity contribution is 0.0786. The van der Waals surface area contributed by atoms with Crippen LogP contribution >= 0.6 is 0 Å². The molecule has 0 saturated carbocycles. The van der Waals surface area contributed by atoms with E-state index in [-0.39, 0.29) is 5.91 Å². The van der Waals surface area contributed by atoms with Crippen LogP contribution in [0.4, 0.5) is 5.82 Å². The summed E-state index contributed by atoms with van der Waals surface area (Å²) in [6.45, 7) is 15.2. The quantitative estimate of drug-likeness (QED) is 0.229. The molecule has 0 saturated heterocycles. The number of fused-ring (bicyclic) bond motifs is 1. The minimum Gasteiger partial charge on any atom is -0.501 e. The van der Waals surface area contributed by atoms with Gasteiger partial charge in [0.25, 0.3) is 5.91 Å². The van der Waals surface area contributed by atoms with Gasteiger partial charge in [-0.05, 0) is 72.0 Å². The molecule has 8 heteroatoms. The predicted molar refractivity (Wildman–Crippen MR) is 173 cm³/mol. The number of nitrogens with one attached hydrogen (secondary N) is 1. The molecule has 0 atom stereocenters. The molecule has 1 amide bonds. The van der Waals surface area contributed by atoms with Crippen molar-refractivity contribution in [2.45, 2.75) is 54.4 Å². The summed E-state index contributed by atoms with van der Waals surface area (Å²) in [6, 6.07) is 4.11. The summed E-state index contributed by atoms with van der Waals surface area (Å²) < 4.78 is 5.46. The van der Waals surface area contributed by atoms with Gasteiger partial charge in [0.05, 0.1) is 18.4 Å². The molecular formula is C33H50N6O2. The Balaban J connectivity index is 0.00000287. The lowest BCUT2D eigenvalue weighted by Crippen LogP contribution is -2.35. The van der Waals surface area contributed by atoms with Gasteiger partial charge in [0.15, 0.2) is 0 Å². The van der Waals surface area contributed by atoms with Crippen LogP contribution in [0, 0.1) is 0 Å². The summed E-state index contributed by atoms with van der Waals surface area (Å²) in [5.74, 6) is 1.66. The lowest BCUT2D eigenvalue weighted by atomic mass is 9.98. The zero-order valence-corrected chi connectivity index (χ0v) is 26.8. The van der Waals surface area contributed by atoms with Crippen molar-refractivity contribution in [2.75, 3.05) is 59.3 Å². The maximum absolute atomic E-state index is 13.6. The van der Waals surface area contributed by atoms with Crippen LogP contribution in [0.2, 0.25) is 0 Å². The number of anilines is 1. The Kier molecular flexibility index (Phi) is 13.6. The van der Waals surface area contributed by atoms with Gasteiger partial charge >= 0.3 is 0 Å². The minimum atomic E-state index is -0.0291. The van der Waals surface area contributed by atoms with Crippen molar-refractivity contribution < 1.29 is 9.53 Å². The fourth-order valence-corrected chi connectivity index (χ4v) is 4.69. The predicted octanol–water partition coefficient (Wildman–Crippen LogP) is 6.86. The first-order chi connectivity index (χ1) is 19.8. The summed E-state index contributed by atoms with van der Waals surface area (Å²) in [6.07, 6.45) is 11.6. The van der Waals surface area contributed by atoms with Crippen LogP contribution in [-0.2, 0) is 4.74 Å². The van der Waals surface area contributed by atoms with Crippen molar-refractivity contribution in [3.63, 3.8) is 0 Å². The molecule has 0 radical (unpaired) electrons. The molecule has 0 spiro atoms. The highest BCUT2D eigenvalue weighted by atomic mass is 16.5. The van der Waals surface area contributed by atoms with Crippen molar-refractivity contribution in [3.8, 4) is 11.1 Å². The van der Waals surface area contributed by atoms with E-state index in [2.05, 4.69) is 47.7 Å². The molecule has 3 heterocycles. The smallest absolute Gasteiger partial charge is 0.257 e. The van der Waals surface area contributed by atoms with Gasteiger partial charge in [0.2, 0.25) is 0 Å². The fraction of sp³-hybridized carbons (Fsp3) is 0.485. The summed E-state index contributed by atoms with van der Waals surface area (Å²) in [4.78, 5) is 32.4. The Morgan fingerprint density at radius 2 is 1.59 bits per heavy atom. The summed E-state index contributed by atoms with van der Waals surface area (Å²) in [5.41, 5.74) is 5.59. The van der Waals surface area contributed by atoms with Crippen LogP contribution in [0.5, 0.6) is 0 Å². The third kappa shape index (κ3) is 8.43. The van der Waals surface area contributed by atoms with E-state index in [1.807, 2.05) is 72.6 Å². The number of likely N-dealkylation sites (N-methyl/N-ethyl adjacent to an activating group) is 2. The second-order valence-corrected chi connectivity index (χ2v) is 9.89. The van der Waals surface area contributed by atoms with E-state index in [0.29, 0.717) is 12.1 Å². The Hall–Kier alpha value is -3.65. The first kappa shape index (κ1) is 33.6. The second-order valence-electron chi connectivity index (χ2n) is 9.89. The molecule has 224 valence electrons. The van der Waals surface area contributed by atoms with Crippen LogP contribution in [0.25, 0.3) is 27.7 Å². The average molecular weight is 563 g/mol. The van der Waals surface area contributed by atoms with Gasteiger partial charge in [-0.2, -0.15) is 0 Å². The summed E-state index contributed by atoms with van der Waals surface area (Å²) in [7, 11) is 7.59. The largest absolute Gasteiger partial charge is 0.501 e. The highest BCUT2D eigenvalue weighted by molar-refractivity contribution is 6.00. The molecular weight excluding hydrogens is 512 g/mol. The number of carbonyl (C=O) groups excluding carboxylic acids is 1. The zero-order chi connectivity index (χ0) is 30.5. The number of carbonyl (C=O) groups is 1. The number of methoxy groups -OCH3 is 1. The molecule has 3 aromatic heterocycles. The van der Waals surface area contributed by atoms with Crippen LogP contribution in [0.15, 0.2) is 48.6 Å². The van der Waals surface area contributed by atoms with Crippen LogP contribution < -0.4 is 4.90 Å². The molecule has 0 aliphatic carbocycles. The first-order valence-electron chi connectivity index (χ1n) is 14.7. The molecule has 0 aliphatic heterocycles. The van der Waals surface area contributed by atoms with E-state index in [1.54, 1.807) is 12.0 Å². The average Bonchev–Trinajstić information content (AvgIpc) is 3.42. The monoisotopic (exact) mass is 562 g/mol. The van der Waals surface area contributed by atoms with E-state index in [4.69, 9.17) is 14.7 Å². The van der Waals surface area contributed by atoms with Crippen molar-refractivity contribution in [1.29, 1.82) is 0 Å². The van der Waals surface area contributed by atoms with Crippen LogP contribution in [0.3, 0.4) is 0 Å². The SMILES string of the molecule is C/C=C(\CC/C(=C\C)c1c[nH]c2ncc(-c3cnc(N(CC)CC)c(C(=O)N(C)CCN(C)C)c3)cc12)OC.CC. The molecule has 0 bridgehead atoms. The third-order valence-corrected chi connectivity index (χ3v) is 7.17. The van der Waals surface area contributed by atoms with Crippen molar-refractivity contribution in [1.82, 2.24) is 24.8 Å². The Labute approximate surface area is 247 Å². The number of pyridine rings is 2. The van der Waals surface area contributed by atoms with Gasteiger partial charge in [-0.25, -0.2) is 9.97 Å². The van der Waals surface area contributed by atoms with Gasteiger partial charge in [0.1, 0.15) is 11.5 Å². The second kappa shape index (κ2) is 16.6. The number of hydrogen-bond donors (Lipinski definition) is 1. The van der Waals surface area contributed by atoms with Crippen molar-refractivity contribution in [3.05, 3.63) is 59.8 Å². The van der Waals surface area contributed by atoms with E-state index < -0.39 is 0 Å². The number of nitrogens with zero attached hydrogens (tertiary/aromatic N) is 5. The number of rotatable bonds is 13. The van der Waals surface area contributed by atoms with Gasteiger partial charge in [-0.1, -0.05) is 19.9 Å². The third-order valence-electron chi connectivity index (χ3n) is 7.17. The lowest BCUT2D eigenvalue weighted by Gasteiger charge is -2.26. The van der Waals surface area contributed by atoms with Crippen molar-refractivity contribution in [2.24, 2.45) is 0 Å².